The van der Waals surface area contributed by atoms with Gasteiger partial charge >= 0.3 is 0 Å². The molecule has 1 aliphatic carbocycles. The Morgan fingerprint density at radius 2 is 1.93 bits per heavy atom. The quantitative estimate of drug-likeness (QED) is 0.739. The first-order valence-electron chi connectivity index (χ1n) is 6.06. The zero-order valence-electron chi connectivity index (χ0n) is 10.8. The van der Waals surface area contributed by atoms with Gasteiger partial charge in [-0.3, -0.25) is 4.90 Å². The summed E-state index contributed by atoms with van der Waals surface area (Å²) in [7, 11) is 6.48. The minimum Gasteiger partial charge on any atom is -0.329 e. The van der Waals surface area contributed by atoms with E-state index in [1.54, 1.807) is 0 Å². The summed E-state index contributed by atoms with van der Waals surface area (Å²) < 4.78 is 0. The summed E-state index contributed by atoms with van der Waals surface area (Å²) in [6.45, 7) is 5.39. The summed E-state index contributed by atoms with van der Waals surface area (Å²) in [5.74, 6) is 0.843. The average molecular weight is 213 g/mol. The molecule has 0 aliphatic heterocycles. The van der Waals surface area contributed by atoms with Crippen LogP contribution in [0.4, 0.5) is 0 Å². The lowest BCUT2D eigenvalue weighted by Gasteiger charge is -2.38. The van der Waals surface area contributed by atoms with Gasteiger partial charge in [0.05, 0.1) is 0 Å². The van der Waals surface area contributed by atoms with E-state index in [0.29, 0.717) is 0 Å². The molecular weight excluding hydrogens is 186 g/mol. The van der Waals surface area contributed by atoms with Crippen LogP contribution < -0.4 is 5.73 Å². The van der Waals surface area contributed by atoms with Crippen LogP contribution >= 0.6 is 0 Å². The van der Waals surface area contributed by atoms with E-state index in [0.717, 1.165) is 25.6 Å². The Hall–Kier alpha value is -0.120. The number of nitrogens with two attached hydrogens (primary N) is 1. The zero-order valence-corrected chi connectivity index (χ0v) is 10.8. The average Bonchev–Trinajstić information content (AvgIpc) is 2.57. The van der Waals surface area contributed by atoms with Crippen LogP contribution in [-0.4, -0.2) is 56.1 Å². The van der Waals surface area contributed by atoms with Crippen molar-refractivity contribution in [1.29, 1.82) is 0 Å². The molecule has 0 heterocycles. The molecule has 0 spiro atoms. The van der Waals surface area contributed by atoms with E-state index in [2.05, 4.69) is 37.9 Å². The second kappa shape index (κ2) is 5.28. The SMILES string of the molecule is CC1CCC(CN)(N(C)CCN(C)C)C1. The molecule has 1 saturated carbocycles. The molecule has 0 aromatic rings. The molecule has 3 nitrogen and oxygen atoms in total. The van der Waals surface area contributed by atoms with Crippen molar-refractivity contribution >= 4 is 0 Å². The normalized spacial score (nSPS) is 31.8. The molecule has 2 N–H and O–H groups in total. The van der Waals surface area contributed by atoms with E-state index in [1.807, 2.05) is 0 Å². The van der Waals surface area contributed by atoms with Gasteiger partial charge in [0, 0.05) is 25.2 Å². The van der Waals surface area contributed by atoms with Crippen molar-refractivity contribution in [2.45, 2.75) is 31.7 Å². The van der Waals surface area contributed by atoms with Crippen LogP contribution in [0, 0.1) is 5.92 Å². The van der Waals surface area contributed by atoms with Gasteiger partial charge in [-0.15, -0.1) is 0 Å². The van der Waals surface area contributed by atoms with E-state index < -0.39 is 0 Å². The maximum absolute atomic E-state index is 5.98. The van der Waals surface area contributed by atoms with Gasteiger partial charge in [0.25, 0.3) is 0 Å². The largest absolute Gasteiger partial charge is 0.329 e. The Labute approximate surface area is 94.6 Å². The number of hydrogen-bond donors (Lipinski definition) is 1. The molecule has 0 aromatic carbocycles. The Morgan fingerprint density at radius 1 is 1.27 bits per heavy atom. The van der Waals surface area contributed by atoms with Gasteiger partial charge in [-0.05, 0) is 46.3 Å². The predicted molar refractivity (Wildman–Crippen MR) is 66.0 cm³/mol. The van der Waals surface area contributed by atoms with E-state index in [-0.39, 0.29) is 5.54 Å². The molecule has 0 saturated heterocycles. The number of likely N-dealkylation sites (N-methyl/N-ethyl adjacent to an activating group) is 2. The first-order chi connectivity index (χ1) is 7.00. The molecule has 0 radical (unpaired) electrons. The van der Waals surface area contributed by atoms with Crippen molar-refractivity contribution in [2.24, 2.45) is 11.7 Å². The first-order valence-corrected chi connectivity index (χ1v) is 6.06. The molecule has 0 aromatic heterocycles. The molecule has 0 amide bonds. The first kappa shape index (κ1) is 12.9. The minimum atomic E-state index is 0.287. The highest BCUT2D eigenvalue weighted by molar-refractivity contribution is 4.97. The van der Waals surface area contributed by atoms with E-state index in [4.69, 9.17) is 5.73 Å². The van der Waals surface area contributed by atoms with Crippen LogP contribution in [0.1, 0.15) is 26.2 Å². The van der Waals surface area contributed by atoms with E-state index >= 15 is 0 Å². The van der Waals surface area contributed by atoms with Crippen LogP contribution in [-0.2, 0) is 0 Å². The van der Waals surface area contributed by atoms with Crippen molar-refractivity contribution < 1.29 is 0 Å². The molecule has 90 valence electrons. The molecule has 3 heteroatoms. The summed E-state index contributed by atoms with van der Waals surface area (Å²) >= 11 is 0. The fourth-order valence-electron chi connectivity index (χ4n) is 2.64. The van der Waals surface area contributed by atoms with Gasteiger partial charge in [-0.1, -0.05) is 6.92 Å². The lowest BCUT2D eigenvalue weighted by Crippen LogP contribution is -2.52. The standard InChI is InChI=1S/C12H27N3/c1-11-5-6-12(9-11,10-13)15(4)8-7-14(2)3/h11H,5-10,13H2,1-4H3. The van der Waals surface area contributed by atoms with Gasteiger partial charge in [0.15, 0.2) is 0 Å². The van der Waals surface area contributed by atoms with Crippen LogP contribution in [0.5, 0.6) is 0 Å². The monoisotopic (exact) mass is 213 g/mol. The molecule has 1 aliphatic rings. The topological polar surface area (TPSA) is 32.5 Å². The second-order valence-corrected chi connectivity index (χ2v) is 5.50. The smallest absolute Gasteiger partial charge is 0.0331 e. The molecule has 15 heavy (non-hydrogen) atoms. The van der Waals surface area contributed by atoms with Crippen LogP contribution in [0.2, 0.25) is 0 Å². The Balaban J connectivity index is 2.50. The number of nitrogens with zero attached hydrogens (tertiary/aromatic N) is 2. The maximum atomic E-state index is 5.98. The molecule has 1 fully saturated rings. The van der Waals surface area contributed by atoms with Crippen molar-refractivity contribution in [3.05, 3.63) is 0 Å². The Kier molecular flexibility index (Phi) is 4.56. The Bertz CT molecular complexity index is 193. The van der Waals surface area contributed by atoms with Gasteiger partial charge in [0.2, 0.25) is 0 Å². The lowest BCUT2D eigenvalue weighted by atomic mass is 9.94. The summed E-state index contributed by atoms with van der Waals surface area (Å²) in [6.07, 6.45) is 3.88. The maximum Gasteiger partial charge on any atom is 0.0331 e. The second-order valence-electron chi connectivity index (χ2n) is 5.50. The highest BCUT2D eigenvalue weighted by atomic mass is 15.2. The van der Waals surface area contributed by atoms with Crippen molar-refractivity contribution in [1.82, 2.24) is 9.80 Å². The van der Waals surface area contributed by atoms with Gasteiger partial charge in [-0.25, -0.2) is 0 Å². The molecule has 2 atom stereocenters. The van der Waals surface area contributed by atoms with Crippen molar-refractivity contribution in [3.63, 3.8) is 0 Å². The summed E-state index contributed by atoms with van der Waals surface area (Å²) in [5, 5.41) is 0. The third-order valence-electron chi connectivity index (χ3n) is 3.90. The minimum absolute atomic E-state index is 0.287. The number of hydrogen-bond acceptors (Lipinski definition) is 3. The third-order valence-corrected chi connectivity index (χ3v) is 3.90. The van der Waals surface area contributed by atoms with E-state index in [1.165, 1.54) is 19.3 Å². The van der Waals surface area contributed by atoms with E-state index in [9.17, 15) is 0 Å². The highest BCUT2D eigenvalue weighted by Crippen LogP contribution is 2.37. The van der Waals surface area contributed by atoms with Crippen LogP contribution in [0.25, 0.3) is 0 Å². The predicted octanol–water partition coefficient (Wildman–Crippen LogP) is 0.997. The highest BCUT2D eigenvalue weighted by Gasteiger charge is 2.39. The Morgan fingerprint density at radius 3 is 2.33 bits per heavy atom. The summed E-state index contributed by atoms with van der Waals surface area (Å²) in [5.41, 5.74) is 6.27. The van der Waals surface area contributed by atoms with Gasteiger partial charge in [-0.2, -0.15) is 0 Å². The van der Waals surface area contributed by atoms with Crippen LogP contribution in [0.15, 0.2) is 0 Å². The summed E-state index contributed by atoms with van der Waals surface area (Å²) in [6, 6.07) is 0. The molecule has 1 rings (SSSR count). The fourth-order valence-corrected chi connectivity index (χ4v) is 2.64. The zero-order chi connectivity index (χ0) is 11.5. The van der Waals surface area contributed by atoms with Crippen LogP contribution in [0.3, 0.4) is 0 Å². The number of rotatable bonds is 5. The summed E-state index contributed by atoms with van der Waals surface area (Å²) in [4.78, 5) is 4.72. The van der Waals surface area contributed by atoms with Crippen molar-refractivity contribution in [3.8, 4) is 0 Å². The lowest BCUT2D eigenvalue weighted by molar-refractivity contribution is 0.118. The fraction of sp³-hybridized carbons (Fsp3) is 1.00. The third kappa shape index (κ3) is 3.16. The van der Waals surface area contributed by atoms with Gasteiger partial charge in [0.1, 0.15) is 0 Å². The molecule has 2 unspecified atom stereocenters. The molecular formula is C12H27N3. The van der Waals surface area contributed by atoms with Gasteiger partial charge < -0.3 is 10.6 Å². The molecule has 0 bridgehead atoms. The van der Waals surface area contributed by atoms with Crippen molar-refractivity contribution in [2.75, 3.05) is 40.8 Å².